The van der Waals surface area contributed by atoms with E-state index in [1.54, 1.807) is 0 Å². The number of carboxylic acids is 1. The summed E-state index contributed by atoms with van der Waals surface area (Å²) in [4.78, 5) is 36.4. The van der Waals surface area contributed by atoms with Crippen LogP contribution >= 0.6 is 11.8 Å². The average molecular weight is 341 g/mol. The summed E-state index contributed by atoms with van der Waals surface area (Å²) in [7, 11) is 0. The second-order valence-electron chi connectivity index (χ2n) is 5.18. The summed E-state index contributed by atoms with van der Waals surface area (Å²) in [5.41, 5.74) is 1.48. The van der Waals surface area contributed by atoms with Crippen LogP contribution in [0, 0.1) is 0 Å². The molecule has 3 rings (SSSR count). The smallest absolute Gasteiger partial charge is 0.291 e. The van der Waals surface area contributed by atoms with Gasteiger partial charge in [-0.2, -0.15) is 0 Å². The zero-order valence-electron chi connectivity index (χ0n) is 12.5. The molecule has 0 saturated carbocycles. The van der Waals surface area contributed by atoms with Gasteiger partial charge in [-0.1, -0.05) is 42.5 Å². The lowest BCUT2D eigenvalue weighted by atomic mass is 10.2. The van der Waals surface area contributed by atoms with Crippen molar-refractivity contribution in [3.05, 3.63) is 65.7 Å². The van der Waals surface area contributed by atoms with Crippen molar-refractivity contribution >= 4 is 34.6 Å². The van der Waals surface area contributed by atoms with Gasteiger partial charge in [-0.25, -0.2) is 0 Å². The third-order valence-electron chi connectivity index (χ3n) is 3.53. The molecule has 1 saturated heterocycles. The highest BCUT2D eigenvalue weighted by molar-refractivity contribution is 8.15. The SMILES string of the molecule is O=C([O-])c1ccc(N[C@@H]2SC(=O)N(Cc3ccccc3)C2=O)cc1. The van der Waals surface area contributed by atoms with Crippen LogP contribution < -0.4 is 10.4 Å². The third-order valence-corrected chi connectivity index (χ3v) is 4.51. The van der Waals surface area contributed by atoms with E-state index in [0.29, 0.717) is 5.69 Å². The zero-order chi connectivity index (χ0) is 17.1. The summed E-state index contributed by atoms with van der Waals surface area (Å²) in [5.74, 6) is -1.59. The van der Waals surface area contributed by atoms with Gasteiger partial charge in [0, 0.05) is 5.69 Å². The molecule has 6 nitrogen and oxygen atoms in total. The number of benzene rings is 2. The van der Waals surface area contributed by atoms with Crippen molar-refractivity contribution in [3.63, 3.8) is 0 Å². The van der Waals surface area contributed by atoms with E-state index in [4.69, 9.17) is 0 Å². The van der Waals surface area contributed by atoms with E-state index in [9.17, 15) is 19.5 Å². The van der Waals surface area contributed by atoms with Crippen LogP contribution in [0.4, 0.5) is 10.5 Å². The Balaban J connectivity index is 1.68. The van der Waals surface area contributed by atoms with Crippen molar-refractivity contribution in [1.82, 2.24) is 4.90 Å². The van der Waals surface area contributed by atoms with Crippen LogP contribution in [0.25, 0.3) is 0 Å². The maximum absolute atomic E-state index is 12.4. The van der Waals surface area contributed by atoms with Crippen molar-refractivity contribution in [3.8, 4) is 0 Å². The molecule has 0 radical (unpaired) electrons. The standard InChI is InChI=1S/C17H14N2O4S/c20-15-14(18-13-8-6-12(7-9-13)16(21)22)24-17(23)19(15)10-11-4-2-1-3-5-11/h1-9,14,18H,10H2,(H,21,22)/p-1/t14-/m1/s1. The van der Waals surface area contributed by atoms with Gasteiger partial charge in [0.2, 0.25) is 0 Å². The van der Waals surface area contributed by atoms with Crippen LogP contribution in [0.2, 0.25) is 0 Å². The molecular formula is C17H13N2O4S-. The number of thioether (sulfide) groups is 1. The number of rotatable bonds is 5. The number of anilines is 1. The molecular weight excluding hydrogens is 328 g/mol. The van der Waals surface area contributed by atoms with Crippen LogP contribution in [-0.2, 0) is 11.3 Å². The molecule has 1 N–H and O–H groups in total. The van der Waals surface area contributed by atoms with Crippen molar-refractivity contribution in [2.75, 3.05) is 5.32 Å². The van der Waals surface area contributed by atoms with Crippen LogP contribution in [-0.4, -0.2) is 27.4 Å². The Morgan fingerprint density at radius 3 is 2.38 bits per heavy atom. The van der Waals surface area contributed by atoms with Gasteiger partial charge < -0.3 is 15.2 Å². The molecule has 1 aliphatic heterocycles. The Kier molecular flexibility index (Phi) is 4.52. The lowest BCUT2D eigenvalue weighted by Gasteiger charge is -2.15. The Labute approximate surface area is 142 Å². The molecule has 7 heteroatoms. The first kappa shape index (κ1) is 16.1. The summed E-state index contributed by atoms with van der Waals surface area (Å²) in [6, 6.07) is 15.1. The summed E-state index contributed by atoms with van der Waals surface area (Å²) in [5, 5.41) is 12.6. The first-order chi connectivity index (χ1) is 11.5. The number of hydrogen-bond acceptors (Lipinski definition) is 6. The monoisotopic (exact) mass is 341 g/mol. The molecule has 2 amide bonds. The second-order valence-corrected chi connectivity index (χ2v) is 6.24. The van der Waals surface area contributed by atoms with Gasteiger partial charge in [-0.3, -0.25) is 14.5 Å². The van der Waals surface area contributed by atoms with E-state index in [2.05, 4.69) is 5.32 Å². The number of nitrogens with one attached hydrogen (secondary N) is 1. The van der Waals surface area contributed by atoms with Crippen molar-refractivity contribution < 1.29 is 19.5 Å². The highest BCUT2D eigenvalue weighted by atomic mass is 32.2. The average Bonchev–Trinajstić information content (AvgIpc) is 2.84. The molecule has 0 spiro atoms. The van der Waals surface area contributed by atoms with Gasteiger partial charge in [-0.05, 0) is 35.0 Å². The topological polar surface area (TPSA) is 89.5 Å². The largest absolute Gasteiger partial charge is 0.545 e. The first-order valence-electron chi connectivity index (χ1n) is 7.18. The summed E-state index contributed by atoms with van der Waals surface area (Å²) in [6.45, 7) is 0.229. The molecule has 0 bridgehead atoms. The third kappa shape index (κ3) is 3.41. The van der Waals surface area contributed by atoms with Gasteiger partial charge >= 0.3 is 0 Å². The molecule has 1 heterocycles. The van der Waals surface area contributed by atoms with Crippen LogP contribution in [0.1, 0.15) is 15.9 Å². The number of nitrogens with zero attached hydrogens (tertiary/aromatic N) is 1. The van der Waals surface area contributed by atoms with Crippen LogP contribution in [0.15, 0.2) is 54.6 Å². The van der Waals surface area contributed by atoms with E-state index in [0.717, 1.165) is 17.3 Å². The molecule has 1 aliphatic rings. The Hall–Kier alpha value is -2.80. The number of carbonyl (C=O) groups is 3. The predicted molar refractivity (Wildman–Crippen MR) is 88.2 cm³/mol. The quantitative estimate of drug-likeness (QED) is 0.890. The van der Waals surface area contributed by atoms with Crippen molar-refractivity contribution in [2.24, 2.45) is 0 Å². The molecule has 2 aromatic rings. The first-order valence-corrected chi connectivity index (χ1v) is 8.06. The summed E-state index contributed by atoms with van der Waals surface area (Å²) >= 11 is 0.904. The fourth-order valence-electron chi connectivity index (χ4n) is 2.30. The predicted octanol–water partition coefficient (Wildman–Crippen LogP) is 1.68. The number of amides is 2. The maximum Gasteiger partial charge on any atom is 0.291 e. The Morgan fingerprint density at radius 1 is 1.08 bits per heavy atom. The van der Waals surface area contributed by atoms with Gasteiger partial charge in [0.25, 0.3) is 11.1 Å². The molecule has 122 valence electrons. The fourth-order valence-corrected chi connectivity index (χ4v) is 3.21. The van der Waals surface area contributed by atoms with E-state index in [1.165, 1.54) is 29.2 Å². The highest BCUT2D eigenvalue weighted by Gasteiger charge is 2.39. The van der Waals surface area contributed by atoms with Crippen molar-refractivity contribution in [2.45, 2.75) is 11.9 Å². The zero-order valence-corrected chi connectivity index (χ0v) is 13.3. The molecule has 0 unspecified atom stereocenters. The number of carboxylic acid groups (broad SMARTS) is 1. The minimum Gasteiger partial charge on any atom is -0.545 e. The Bertz CT molecular complexity index is 777. The number of aromatic carboxylic acids is 1. The summed E-state index contributed by atoms with van der Waals surface area (Å²) < 4.78 is 0. The molecule has 0 aromatic heterocycles. The maximum atomic E-state index is 12.4. The van der Waals surface area contributed by atoms with Crippen LogP contribution in [0.3, 0.4) is 0 Å². The van der Waals surface area contributed by atoms with E-state index >= 15 is 0 Å². The molecule has 1 atom stereocenters. The van der Waals surface area contributed by atoms with Crippen molar-refractivity contribution in [1.29, 1.82) is 0 Å². The number of hydrogen-bond donors (Lipinski definition) is 1. The second kappa shape index (κ2) is 6.76. The van der Waals surface area contributed by atoms with E-state index in [-0.39, 0.29) is 23.3 Å². The van der Waals surface area contributed by atoms with Gasteiger partial charge in [-0.15, -0.1) is 0 Å². The minimum atomic E-state index is -1.27. The van der Waals surface area contributed by atoms with Gasteiger partial charge in [0.05, 0.1) is 12.5 Å². The Morgan fingerprint density at radius 2 is 1.75 bits per heavy atom. The highest BCUT2D eigenvalue weighted by Crippen LogP contribution is 2.29. The number of carbonyl (C=O) groups excluding carboxylic acids is 3. The van der Waals surface area contributed by atoms with E-state index in [1.807, 2.05) is 30.3 Å². The van der Waals surface area contributed by atoms with Gasteiger partial charge in [0.1, 0.15) is 0 Å². The van der Waals surface area contributed by atoms with E-state index < -0.39 is 11.3 Å². The molecule has 0 aliphatic carbocycles. The fraction of sp³-hybridized carbons (Fsp3) is 0.118. The van der Waals surface area contributed by atoms with Crippen LogP contribution in [0.5, 0.6) is 0 Å². The number of imide groups is 1. The summed E-state index contributed by atoms with van der Waals surface area (Å²) in [6.07, 6.45) is 0. The van der Waals surface area contributed by atoms with Gasteiger partial charge in [0.15, 0.2) is 5.37 Å². The molecule has 2 aromatic carbocycles. The minimum absolute atomic E-state index is 0.0488. The normalized spacial score (nSPS) is 17.2. The lowest BCUT2D eigenvalue weighted by Crippen LogP contribution is -2.33. The molecule has 1 fully saturated rings. The molecule has 24 heavy (non-hydrogen) atoms. The lowest BCUT2D eigenvalue weighted by molar-refractivity contribution is -0.255.